The monoisotopic (exact) mass is 242 g/mol. The zero-order valence-electron chi connectivity index (χ0n) is 9.33. The Labute approximate surface area is 102 Å². The maximum absolute atomic E-state index is 11.4. The van der Waals surface area contributed by atoms with Crippen molar-refractivity contribution in [3.63, 3.8) is 0 Å². The molecule has 0 fully saturated rings. The van der Waals surface area contributed by atoms with Crippen molar-refractivity contribution in [2.45, 2.75) is 0 Å². The Morgan fingerprint density at radius 3 is 2.61 bits per heavy atom. The van der Waals surface area contributed by atoms with Crippen LogP contribution >= 0.6 is 0 Å². The molecule has 0 spiro atoms. The number of H-pyrrole nitrogens is 1. The van der Waals surface area contributed by atoms with Crippen molar-refractivity contribution >= 4 is 5.88 Å². The standard InChI is InChI=1S/C12H10N4O2/c13-11-7-10(15-18-11)8-1-3-9(4-2-8)16-6-5-14-12(16)17/h1-7H,13H2,(H,14,17). The molecule has 0 saturated heterocycles. The highest BCUT2D eigenvalue weighted by molar-refractivity contribution is 5.62. The summed E-state index contributed by atoms with van der Waals surface area (Å²) in [4.78, 5) is 14.0. The number of anilines is 1. The Kier molecular flexibility index (Phi) is 2.26. The van der Waals surface area contributed by atoms with Gasteiger partial charge in [-0.25, -0.2) is 4.79 Å². The van der Waals surface area contributed by atoms with E-state index in [-0.39, 0.29) is 11.6 Å². The number of nitrogens with zero attached hydrogens (tertiary/aromatic N) is 2. The Balaban J connectivity index is 1.99. The number of nitrogens with two attached hydrogens (primary N) is 1. The normalized spacial score (nSPS) is 10.7. The van der Waals surface area contributed by atoms with E-state index in [0.717, 1.165) is 11.3 Å². The maximum Gasteiger partial charge on any atom is 0.330 e. The number of benzene rings is 1. The molecule has 0 atom stereocenters. The van der Waals surface area contributed by atoms with Crippen molar-refractivity contribution < 1.29 is 4.52 Å². The fourth-order valence-electron chi connectivity index (χ4n) is 1.74. The lowest BCUT2D eigenvalue weighted by Gasteiger charge is -2.01. The molecule has 0 amide bonds. The molecule has 6 nitrogen and oxygen atoms in total. The Morgan fingerprint density at radius 1 is 1.28 bits per heavy atom. The molecule has 18 heavy (non-hydrogen) atoms. The first-order chi connectivity index (χ1) is 8.74. The van der Waals surface area contributed by atoms with Crippen molar-refractivity contribution in [3.8, 4) is 16.9 Å². The lowest BCUT2D eigenvalue weighted by Crippen LogP contribution is -2.13. The third-order valence-corrected chi connectivity index (χ3v) is 2.62. The van der Waals surface area contributed by atoms with Crippen molar-refractivity contribution in [3.05, 3.63) is 53.2 Å². The molecule has 0 aliphatic rings. The van der Waals surface area contributed by atoms with Gasteiger partial charge in [-0.2, -0.15) is 0 Å². The Hall–Kier alpha value is -2.76. The molecule has 90 valence electrons. The third kappa shape index (κ3) is 1.69. The minimum atomic E-state index is -0.173. The van der Waals surface area contributed by atoms with Crippen LogP contribution in [0.5, 0.6) is 0 Å². The van der Waals surface area contributed by atoms with Gasteiger partial charge in [-0.1, -0.05) is 17.3 Å². The molecule has 0 bridgehead atoms. The van der Waals surface area contributed by atoms with Gasteiger partial charge in [0.2, 0.25) is 5.88 Å². The van der Waals surface area contributed by atoms with Crippen LogP contribution in [-0.4, -0.2) is 14.7 Å². The van der Waals surface area contributed by atoms with Gasteiger partial charge in [0.25, 0.3) is 0 Å². The second kappa shape index (κ2) is 3.92. The molecule has 6 heteroatoms. The average molecular weight is 242 g/mol. The highest BCUT2D eigenvalue weighted by atomic mass is 16.5. The molecule has 0 unspecified atom stereocenters. The fourth-order valence-corrected chi connectivity index (χ4v) is 1.74. The van der Waals surface area contributed by atoms with E-state index in [9.17, 15) is 4.79 Å². The molecule has 2 heterocycles. The van der Waals surface area contributed by atoms with Crippen molar-refractivity contribution in [1.29, 1.82) is 0 Å². The number of aromatic amines is 1. The second-order valence-corrected chi connectivity index (χ2v) is 3.80. The van der Waals surface area contributed by atoms with Gasteiger partial charge in [-0.3, -0.25) is 4.57 Å². The van der Waals surface area contributed by atoms with Gasteiger partial charge < -0.3 is 15.2 Å². The van der Waals surface area contributed by atoms with Crippen molar-refractivity contribution in [1.82, 2.24) is 14.7 Å². The molecule has 3 N–H and O–H groups in total. The smallest absolute Gasteiger partial charge is 0.330 e. The topological polar surface area (TPSA) is 89.8 Å². The van der Waals surface area contributed by atoms with E-state index in [1.807, 2.05) is 24.3 Å². The van der Waals surface area contributed by atoms with Gasteiger partial charge in [-0.15, -0.1) is 0 Å². The van der Waals surface area contributed by atoms with Gasteiger partial charge in [0.15, 0.2) is 0 Å². The first-order valence-corrected chi connectivity index (χ1v) is 5.33. The molecule has 1 aromatic carbocycles. The fraction of sp³-hybridized carbons (Fsp3) is 0. The molecule has 3 aromatic rings. The average Bonchev–Trinajstić information content (AvgIpc) is 2.98. The Bertz CT molecular complexity index is 721. The van der Waals surface area contributed by atoms with E-state index < -0.39 is 0 Å². The molecular formula is C12H10N4O2. The largest absolute Gasteiger partial charge is 0.368 e. The predicted molar refractivity (Wildman–Crippen MR) is 66.3 cm³/mol. The zero-order valence-corrected chi connectivity index (χ0v) is 9.33. The van der Waals surface area contributed by atoms with Crippen LogP contribution in [0.15, 0.2) is 52.0 Å². The quantitative estimate of drug-likeness (QED) is 0.710. The Morgan fingerprint density at radius 2 is 2.06 bits per heavy atom. The highest BCUT2D eigenvalue weighted by Gasteiger charge is 2.05. The summed E-state index contributed by atoms with van der Waals surface area (Å²) in [6.45, 7) is 0. The molecule has 0 aliphatic heterocycles. The van der Waals surface area contributed by atoms with Crippen LogP contribution in [0.2, 0.25) is 0 Å². The molecule has 0 saturated carbocycles. The summed E-state index contributed by atoms with van der Waals surface area (Å²) in [6, 6.07) is 9.01. The third-order valence-electron chi connectivity index (χ3n) is 2.62. The highest BCUT2D eigenvalue weighted by Crippen LogP contribution is 2.21. The predicted octanol–water partition coefficient (Wildman–Crippen LogP) is 1.40. The van der Waals surface area contributed by atoms with E-state index >= 15 is 0 Å². The minimum absolute atomic E-state index is 0.173. The van der Waals surface area contributed by atoms with E-state index in [1.54, 1.807) is 18.5 Å². The zero-order chi connectivity index (χ0) is 12.5. The van der Waals surface area contributed by atoms with Gasteiger partial charge in [0.05, 0.1) is 5.69 Å². The number of nitrogens with one attached hydrogen (secondary N) is 1. The van der Waals surface area contributed by atoms with Gasteiger partial charge in [-0.05, 0) is 12.1 Å². The molecule has 0 radical (unpaired) electrons. The number of aromatic nitrogens is 3. The first kappa shape index (κ1) is 10.4. The van der Waals surface area contributed by atoms with Crippen LogP contribution in [0.1, 0.15) is 0 Å². The van der Waals surface area contributed by atoms with Crippen molar-refractivity contribution in [2.24, 2.45) is 0 Å². The van der Waals surface area contributed by atoms with Gasteiger partial charge in [0.1, 0.15) is 5.69 Å². The molecular weight excluding hydrogens is 232 g/mol. The van der Waals surface area contributed by atoms with Crippen LogP contribution in [0.3, 0.4) is 0 Å². The number of hydrogen-bond acceptors (Lipinski definition) is 4. The number of rotatable bonds is 2. The van der Waals surface area contributed by atoms with E-state index in [1.165, 1.54) is 4.57 Å². The summed E-state index contributed by atoms with van der Waals surface area (Å²) >= 11 is 0. The number of nitrogen functional groups attached to an aromatic ring is 1. The van der Waals surface area contributed by atoms with Gasteiger partial charge in [0, 0.05) is 24.0 Å². The first-order valence-electron chi connectivity index (χ1n) is 5.33. The summed E-state index contributed by atoms with van der Waals surface area (Å²) in [5.41, 5.74) is 7.62. The summed E-state index contributed by atoms with van der Waals surface area (Å²) < 4.78 is 6.32. The summed E-state index contributed by atoms with van der Waals surface area (Å²) in [5.74, 6) is 0.274. The SMILES string of the molecule is Nc1cc(-c2ccc(-n3cc[nH]c3=O)cc2)no1. The van der Waals surface area contributed by atoms with E-state index in [2.05, 4.69) is 10.1 Å². The lowest BCUT2D eigenvalue weighted by molar-refractivity contribution is 0.439. The van der Waals surface area contributed by atoms with Crippen LogP contribution in [0.4, 0.5) is 5.88 Å². The molecule has 2 aromatic heterocycles. The van der Waals surface area contributed by atoms with Crippen LogP contribution < -0.4 is 11.4 Å². The molecule has 3 rings (SSSR count). The van der Waals surface area contributed by atoms with Crippen LogP contribution in [-0.2, 0) is 0 Å². The lowest BCUT2D eigenvalue weighted by atomic mass is 10.1. The van der Waals surface area contributed by atoms with E-state index in [0.29, 0.717) is 5.69 Å². The van der Waals surface area contributed by atoms with Crippen LogP contribution in [0, 0.1) is 0 Å². The summed E-state index contributed by atoms with van der Waals surface area (Å²) in [6.07, 6.45) is 3.26. The van der Waals surface area contributed by atoms with Gasteiger partial charge >= 0.3 is 5.69 Å². The summed E-state index contributed by atoms with van der Waals surface area (Å²) in [7, 11) is 0. The van der Waals surface area contributed by atoms with Crippen molar-refractivity contribution in [2.75, 3.05) is 5.73 Å². The van der Waals surface area contributed by atoms with E-state index in [4.69, 9.17) is 10.3 Å². The minimum Gasteiger partial charge on any atom is -0.368 e. The number of imidazole rings is 1. The number of hydrogen-bond donors (Lipinski definition) is 2. The summed E-state index contributed by atoms with van der Waals surface area (Å²) in [5, 5.41) is 3.82. The molecule has 0 aliphatic carbocycles. The van der Waals surface area contributed by atoms with Crippen LogP contribution in [0.25, 0.3) is 16.9 Å². The second-order valence-electron chi connectivity index (χ2n) is 3.80. The maximum atomic E-state index is 11.4.